The number of rotatable bonds is 2. The molecule has 0 aromatic heterocycles. The van der Waals surface area contributed by atoms with Gasteiger partial charge in [0.25, 0.3) is 0 Å². The maximum Gasteiger partial charge on any atom is 0.117 e. The van der Waals surface area contributed by atoms with Gasteiger partial charge < -0.3 is 5.11 Å². The molecular formula is C14H16ClNOS. The molecule has 18 heavy (non-hydrogen) atoms. The van der Waals surface area contributed by atoms with E-state index in [1.807, 2.05) is 17.8 Å². The van der Waals surface area contributed by atoms with Gasteiger partial charge in [0.1, 0.15) is 5.75 Å². The zero-order valence-electron chi connectivity index (χ0n) is 10.2. The SMILES string of the molecule is CN1C2C=CC1CC(Sc1ccc(O)cc1Cl)C2. The van der Waals surface area contributed by atoms with Crippen LogP contribution in [-0.2, 0) is 0 Å². The molecule has 96 valence electrons. The van der Waals surface area contributed by atoms with E-state index in [2.05, 4.69) is 24.1 Å². The predicted molar refractivity (Wildman–Crippen MR) is 76.5 cm³/mol. The molecule has 2 nitrogen and oxygen atoms in total. The van der Waals surface area contributed by atoms with Crippen molar-refractivity contribution >= 4 is 23.4 Å². The van der Waals surface area contributed by atoms with Gasteiger partial charge in [0.05, 0.1) is 5.02 Å². The summed E-state index contributed by atoms with van der Waals surface area (Å²) in [6.45, 7) is 0. The Hall–Kier alpha value is -0.640. The van der Waals surface area contributed by atoms with Gasteiger partial charge in [-0.05, 0) is 38.1 Å². The first-order valence-electron chi connectivity index (χ1n) is 6.19. The lowest BCUT2D eigenvalue weighted by molar-refractivity contribution is 0.200. The number of halogens is 1. The summed E-state index contributed by atoms with van der Waals surface area (Å²) in [4.78, 5) is 3.51. The minimum absolute atomic E-state index is 0.231. The van der Waals surface area contributed by atoms with Gasteiger partial charge in [0, 0.05) is 22.2 Å². The smallest absolute Gasteiger partial charge is 0.117 e. The number of likely N-dealkylation sites (N-methyl/N-ethyl adjacent to an activating group) is 1. The summed E-state index contributed by atoms with van der Waals surface area (Å²) in [7, 11) is 2.20. The van der Waals surface area contributed by atoms with Crippen LogP contribution in [0.2, 0.25) is 5.02 Å². The van der Waals surface area contributed by atoms with Crippen molar-refractivity contribution in [2.75, 3.05) is 7.05 Å². The van der Waals surface area contributed by atoms with Crippen LogP contribution in [0.3, 0.4) is 0 Å². The molecule has 2 unspecified atom stereocenters. The van der Waals surface area contributed by atoms with Gasteiger partial charge in [0.15, 0.2) is 0 Å². The third kappa shape index (κ3) is 2.27. The van der Waals surface area contributed by atoms with E-state index >= 15 is 0 Å². The van der Waals surface area contributed by atoms with Crippen molar-refractivity contribution in [3.05, 3.63) is 35.4 Å². The fourth-order valence-corrected chi connectivity index (χ4v) is 4.33. The largest absolute Gasteiger partial charge is 0.508 e. The number of nitrogens with zero attached hydrogens (tertiary/aromatic N) is 1. The fourth-order valence-electron chi connectivity index (χ4n) is 2.76. The quantitative estimate of drug-likeness (QED) is 0.839. The highest BCUT2D eigenvalue weighted by atomic mass is 35.5. The number of thioether (sulfide) groups is 1. The summed E-state index contributed by atoms with van der Waals surface area (Å²) in [5.41, 5.74) is 0. The number of benzene rings is 1. The Labute approximate surface area is 117 Å². The van der Waals surface area contributed by atoms with Gasteiger partial charge in [-0.1, -0.05) is 23.8 Å². The van der Waals surface area contributed by atoms with Crippen LogP contribution in [-0.4, -0.2) is 34.4 Å². The van der Waals surface area contributed by atoms with E-state index in [0.29, 0.717) is 22.4 Å². The Morgan fingerprint density at radius 2 is 1.94 bits per heavy atom. The lowest BCUT2D eigenvalue weighted by atomic mass is 10.0. The van der Waals surface area contributed by atoms with Crippen LogP contribution in [0.15, 0.2) is 35.2 Å². The summed E-state index contributed by atoms with van der Waals surface area (Å²) in [6, 6.07) is 6.40. The summed E-state index contributed by atoms with van der Waals surface area (Å²) >= 11 is 8.00. The number of hydrogen-bond donors (Lipinski definition) is 1. The number of phenolic OH excluding ortho intramolecular Hbond substituents is 1. The maximum atomic E-state index is 9.36. The average molecular weight is 282 g/mol. The van der Waals surface area contributed by atoms with E-state index in [1.165, 1.54) is 12.8 Å². The lowest BCUT2D eigenvalue weighted by Crippen LogP contribution is -2.41. The molecule has 0 saturated carbocycles. The van der Waals surface area contributed by atoms with Crippen LogP contribution >= 0.6 is 23.4 Å². The van der Waals surface area contributed by atoms with Gasteiger partial charge >= 0.3 is 0 Å². The minimum atomic E-state index is 0.231. The van der Waals surface area contributed by atoms with Crippen molar-refractivity contribution in [1.82, 2.24) is 4.90 Å². The van der Waals surface area contributed by atoms with E-state index in [-0.39, 0.29) is 5.75 Å². The van der Waals surface area contributed by atoms with Crippen molar-refractivity contribution in [3.63, 3.8) is 0 Å². The molecule has 1 N–H and O–H groups in total. The van der Waals surface area contributed by atoms with E-state index < -0.39 is 0 Å². The van der Waals surface area contributed by atoms with E-state index in [1.54, 1.807) is 12.1 Å². The normalized spacial score (nSPS) is 30.9. The minimum Gasteiger partial charge on any atom is -0.508 e. The van der Waals surface area contributed by atoms with Crippen LogP contribution in [0.25, 0.3) is 0 Å². The van der Waals surface area contributed by atoms with Crippen LogP contribution < -0.4 is 0 Å². The summed E-state index contributed by atoms with van der Waals surface area (Å²) in [5.74, 6) is 0.231. The van der Waals surface area contributed by atoms with E-state index in [0.717, 1.165) is 4.90 Å². The molecule has 1 aromatic rings. The van der Waals surface area contributed by atoms with Crippen molar-refractivity contribution in [1.29, 1.82) is 0 Å². The first kappa shape index (κ1) is 12.4. The second-order valence-corrected chi connectivity index (χ2v) is 6.76. The van der Waals surface area contributed by atoms with Crippen LogP contribution in [0, 0.1) is 0 Å². The number of fused-ring (bicyclic) bond motifs is 2. The van der Waals surface area contributed by atoms with Gasteiger partial charge in [-0.15, -0.1) is 11.8 Å². The fraction of sp³-hybridized carbons (Fsp3) is 0.429. The molecule has 2 aliphatic rings. The average Bonchev–Trinajstić information content (AvgIpc) is 2.57. The third-order valence-corrected chi connectivity index (χ3v) is 5.57. The third-order valence-electron chi connectivity index (χ3n) is 3.82. The highest BCUT2D eigenvalue weighted by molar-refractivity contribution is 8.00. The molecular weight excluding hydrogens is 266 g/mol. The van der Waals surface area contributed by atoms with Crippen molar-refractivity contribution in [2.45, 2.75) is 35.1 Å². The zero-order valence-corrected chi connectivity index (χ0v) is 11.8. The van der Waals surface area contributed by atoms with Gasteiger partial charge in [-0.3, -0.25) is 4.90 Å². The van der Waals surface area contributed by atoms with Gasteiger partial charge in [-0.25, -0.2) is 0 Å². The Morgan fingerprint density at radius 3 is 2.56 bits per heavy atom. The lowest BCUT2D eigenvalue weighted by Gasteiger charge is -2.36. The maximum absolute atomic E-state index is 9.36. The molecule has 1 fully saturated rings. The highest BCUT2D eigenvalue weighted by Crippen LogP contribution is 2.41. The standard InChI is InChI=1S/C14H16ClNOS/c1-16-9-2-3-10(16)7-12(6-9)18-14-5-4-11(17)8-13(14)15/h2-5,8-10,12,17H,6-7H2,1H3. The molecule has 1 aromatic carbocycles. The topological polar surface area (TPSA) is 23.5 Å². The predicted octanol–water partition coefficient (Wildman–Crippen LogP) is 3.54. The molecule has 1 saturated heterocycles. The van der Waals surface area contributed by atoms with Crippen molar-refractivity contribution in [3.8, 4) is 5.75 Å². The van der Waals surface area contributed by atoms with Gasteiger partial charge in [0.2, 0.25) is 0 Å². The first-order valence-corrected chi connectivity index (χ1v) is 7.44. The monoisotopic (exact) mass is 281 g/mol. The Bertz CT molecular complexity index is 475. The molecule has 0 amide bonds. The molecule has 0 radical (unpaired) electrons. The van der Waals surface area contributed by atoms with Gasteiger partial charge in [-0.2, -0.15) is 0 Å². The van der Waals surface area contributed by atoms with E-state index in [4.69, 9.17) is 11.6 Å². The number of piperidine rings is 1. The van der Waals surface area contributed by atoms with Crippen LogP contribution in [0.5, 0.6) is 5.75 Å². The highest BCUT2D eigenvalue weighted by Gasteiger charge is 2.35. The summed E-state index contributed by atoms with van der Waals surface area (Å²) < 4.78 is 0. The first-order chi connectivity index (χ1) is 8.63. The summed E-state index contributed by atoms with van der Waals surface area (Å²) in [5, 5.41) is 10.6. The zero-order chi connectivity index (χ0) is 12.7. The molecule has 3 rings (SSSR count). The second kappa shape index (κ2) is 4.80. The number of phenols is 1. The Kier molecular flexibility index (Phi) is 3.31. The van der Waals surface area contributed by atoms with Crippen molar-refractivity contribution < 1.29 is 5.11 Å². The molecule has 2 heterocycles. The molecule has 0 aliphatic carbocycles. The van der Waals surface area contributed by atoms with Crippen LogP contribution in [0.1, 0.15) is 12.8 Å². The number of hydrogen-bond acceptors (Lipinski definition) is 3. The molecule has 2 bridgehead atoms. The number of aromatic hydroxyl groups is 1. The van der Waals surface area contributed by atoms with E-state index in [9.17, 15) is 5.11 Å². The Balaban J connectivity index is 1.71. The van der Waals surface area contributed by atoms with Crippen molar-refractivity contribution in [2.24, 2.45) is 0 Å². The molecule has 0 spiro atoms. The molecule has 4 heteroatoms. The molecule has 2 atom stereocenters. The Morgan fingerprint density at radius 1 is 1.28 bits per heavy atom. The van der Waals surface area contributed by atoms with Crippen LogP contribution in [0.4, 0.5) is 0 Å². The second-order valence-electron chi connectivity index (χ2n) is 5.01. The molecule has 2 aliphatic heterocycles. The summed E-state index contributed by atoms with van der Waals surface area (Å²) in [6.07, 6.45) is 6.99.